The first-order valence-electron chi connectivity index (χ1n) is 1.25. The molecule has 0 aliphatic heterocycles. The number of halogens is 3. The van der Waals surface area contributed by atoms with Gasteiger partial charge in [0.1, 0.15) is 0 Å². The Morgan fingerprint density at radius 3 is 1.38 bits per heavy atom. The maximum absolute atomic E-state index is 9.47. The molecular formula is C2H9Cl3N2O. The molecule has 0 aliphatic rings. The smallest absolute Gasteiger partial charge is 0.231 e. The second-order valence-electron chi connectivity index (χ2n) is 0.670. The summed E-state index contributed by atoms with van der Waals surface area (Å²) in [5.41, 5.74) is 9.22. The lowest BCUT2D eigenvalue weighted by Crippen LogP contribution is -2.21. The number of primary amides is 1. The van der Waals surface area contributed by atoms with Crippen LogP contribution in [0, 0.1) is 0 Å². The summed E-state index contributed by atoms with van der Waals surface area (Å²) in [6.45, 7) is -0.0556. The number of hydrogen-bond acceptors (Lipinski definition) is 2. The molecule has 0 saturated heterocycles. The summed E-state index contributed by atoms with van der Waals surface area (Å²) >= 11 is 0. The van der Waals surface area contributed by atoms with Gasteiger partial charge >= 0.3 is 0 Å². The van der Waals surface area contributed by atoms with Crippen LogP contribution in [0.25, 0.3) is 0 Å². The Hall–Kier alpha value is 0.300. The SMILES string of the molecule is Cl.Cl.Cl.NCC(N)=O. The normalized spacial score (nSPS) is 4.62. The molecule has 0 aromatic heterocycles. The fourth-order valence-electron chi connectivity index (χ4n) is 0. The van der Waals surface area contributed by atoms with Gasteiger partial charge in [0, 0.05) is 0 Å². The van der Waals surface area contributed by atoms with Crippen LogP contribution in [-0.4, -0.2) is 12.5 Å². The number of rotatable bonds is 1. The van der Waals surface area contributed by atoms with Crippen LogP contribution in [-0.2, 0) is 4.79 Å². The molecule has 0 bridgehead atoms. The van der Waals surface area contributed by atoms with Gasteiger partial charge in [0.15, 0.2) is 0 Å². The van der Waals surface area contributed by atoms with E-state index in [0.29, 0.717) is 0 Å². The fourth-order valence-corrected chi connectivity index (χ4v) is 0. The minimum atomic E-state index is -0.468. The van der Waals surface area contributed by atoms with Crippen LogP contribution in [0.2, 0.25) is 0 Å². The molecule has 0 rings (SSSR count). The van der Waals surface area contributed by atoms with Crippen molar-refractivity contribution in [3.63, 3.8) is 0 Å². The second kappa shape index (κ2) is 15.7. The van der Waals surface area contributed by atoms with Gasteiger partial charge < -0.3 is 11.5 Å². The van der Waals surface area contributed by atoms with E-state index < -0.39 is 5.91 Å². The Labute approximate surface area is 66.4 Å². The first kappa shape index (κ1) is 23.9. The third kappa shape index (κ3) is 33.5. The van der Waals surface area contributed by atoms with E-state index in [0.717, 1.165) is 0 Å². The third-order valence-corrected chi connectivity index (χ3v) is 0.201. The molecule has 0 fully saturated rings. The predicted octanol–water partition coefficient (Wildman–Crippen LogP) is -0.304. The summed E-state index contributed by atoms with van der Waals surface area (Å²) in [5, 5.41) is 0. The number of hydrogen-bond donors (Lipinski definition) is 2. The Morgan fingerprint density at radius 1 is 1.25 bits per heavy atom. The molecule has 0 spiro atoms. The van der Waals surface area contributed by atoms with Crippen molar-refractivity contribution in [3.8, 4) is 0 Å². The van der Waals surface area contributed by atoms with E-state index in [1.54, 1.807) is 0 Å². The van der Waals surface area contributed by atoms with Gasteiger partial charge in [-0.3, -0.25) is 4.79 Å². The van der Waals surface area contributed by atoms with Crippen molar-refractivity contribution in [3.05, 3.63) is 0 Å². The highest BCUT2D eigenvalue weighted by Gasteiger charge is 1.77. The summed E-state index contributed by atoms with van der Waals surface area (Å²) < 4.78 is 0. The van der Waals surface area contributed by atoms with Crippen LogP contribution >= 0.6 is 37.2 Å². The third-order valence-electron chi connectivity index (χ3n) is 0.201. The first-order chi connectivity index (χ1) is 2.27. The monoisotopic (exact) mass is 182 g/mol. The van der Waals surface area contributed by atoms with Crippen molar-refractivity contribution in [1.82, 2.24) is 0 Å². The fraction of sp³-hybridized carbons (Fsp3) is 0.500. The van der Waals surface area contributed by atoms with Crippen molar-refractivity contribution in [2.75, 3.05) is 6.54 Å². The molecule has 4 N–H and O–H groups in total. The van der Waals surface area contributed by atoms with Crippen molar-refractivity contribution in [2.24, 2.45) is 11.5 Å². The first-order valence-corrected chi connectivity index (χ1v) is 1.25. The molecular weight excluding hydrogens is 174 g/mol. The van der Waals surface area contributed by atoms with Crippen molar-refractivity contribution in [2.45, 2.75) is 0 Å². The highest BCUT2D eigenvalue weighted by atomic mass is 35.5. The molecule has 0 aromatic carbocycles. The zero-order valence-electron chi connectivity index (χ0n) is 3.99. The molecule has 0 unspecified atom stereocenters. The molecule has 8 heavy (non-hydrogen) atoms. The van der Waals surface area contributed by atoms with Crippen molar-refractivity contribution < 1.29 is 4.79 Å². The van der Waals surface area contributed by atoms with Gasteiger partial charge in [0.25, 0.3) is 0 Å². The summed E-state index contributed by atoms with van der Waals surface area (Å²) in [6.07, 6.45) is 0. The van der Waals surface area contributed by atoms with E-state index in [2.05, 4.69) is 5.73 Å². The van der Waals surface area contributed by atoms with E-state index >= 15 is 0 Å². The van der Waals surface area contributed by atoms with Gasteiger partial charge in [-0.2, -0.15) is 0 Å². The van der Waals surface area contributed by atoms with Gasteiger partial charge in [0.2, 0.25) is 5.91 Å². The number of carbonyl (C=O) groups excluding carboxylic acids is 1. The molecule has 6 heteroatoms. The predicted molar refractivity (Wildman–Crippen MR) is 40.0 cm³/mol. The standard InChI is InChI=1S/C2H6N2O.3ClH/c3-1-2(4)5;;;/h1,3H2,(H2,4,5);3*1H. The highest BCUT2D eigenvalue weighted by molar-refractivity contribution is 5.86. The minimum absolute atomic E-state index is 0. The zero-order valence-corrected chi connectivity index (χ0v) is 6.44. The Bertz CT molecular complexity index is 50.5. The molecule has 0 aliphatic carbocycles. The Morgan fingerprint density at radius 2 is 1.38 bits per heavy atom. The molecule has 0 saturated carbocycles. The van der Waals surface area contributed by atoms with Crippen molar-refractivity contribution in [1.29, 1.82) is 0 Å². The quantitative estimate of drug-likeness (QED) is 0.586. The van der Waals surface area contributed by atoms with Gasteiger partial charge in [-0.1, -0.05) is 0 Å². The molecule has 54 valence electrons. The Balaban J connectivity index is -0.0000000267. The van der Waals surface area contributed by atoms with E-state index in [1.807, 2.05) is 0 Å². The average molecular weight is 183 g/mol. The van der Waals surface area contributed by atoms with Gasteiger partial charge in [-0.05, 0) is 0 Å². The maximum atomic E-state index is 9.47. The molecule has 0 atom stereocenters. The molecule has 3 nitrogen and oxygen atoms in total. The van der Waals surface area contributed by atoms with Crippen LogP contribution in [0.5, 0.6) is 0 Å². The average Bonchev–Trinajstić information content (AvgIpc) is 1.38. The van der Waals surface area contributed by atoms with Crippen LogP contribution < -0.4 is 11.5 Å². The lowest BCUT2D eigenvalue weighted by molar-refractivity contribution is -0.116. The highest BCUT2D eigenvalue weighted by Crippen LogP contribution is 1.36. The molecule has 0 radical (unpaired) electrons. The maximum Gasteiger partial charge on any atom is 0.231 e. The lowest BCUT2D eigenvalue weighted by atomic mass is 10.7. The molecule has 1 amide bonds. The topological polar surface area (TPSA) is 69.1 Å². The van der Waals surface area contributed by atoms with E-state index in [1.165, 1.54) is 0 Å². The number of amides is 1. The number of nitrogens with two attached hydrogens (primary N) is 2. The van der Waals surface area contributed by atoms with Crippen molar-refractivity contribution >= 4 is 43.1 Å². The van der Waals surface area contributed by atoms with E-state index in [9.17, 15) is 4.79 Å². The summed E-state index contributed by atoms with van der Waals surface area (Å²) in [7, 11) is 0. The van der Waals surface area contributed by atoms with Crippen LogP contribution in [0.1, 0.15) is 0 Å². The zero-order chi connectivity index (χ0) is 4.28. The van der Waals surface area contributed by atoms with Crippen LogP contribution in [0.3, 0.4) is 0 Å². The number of carbonyl (C=O) groups is 1. The second-order valence-corrected chi connectivity index (χ2v) is 0.670. The van der Waals surface area contributed by atoms with E-state index in [-0.39, 0.29) is 43.8 Å². The van der Waals surface area contributed by atoms with Gasteiger partial charge in [-0.25, -0.2) is 0 Å². The minimum Gasteiger partial charge on any atom is -0.369 e. The van der Waals surface area contributed by atoms with Crippen LogP contribution in [0.4, 0.5) is 0 Å². The van der Waals surface area contributed by atoms with Crippen LogP contribution in [0.15, 0.2) is 0 Å². The van der Waals surface area contributed by atoms with E-state index in [4.69, 9.17) is 5.73 Å². The largest absolute Gasteiger partial charge is 0.369 e. The summed E-state index contributed by atoms with van der Waals surface area (Å²) in [5.74, 6) is -0.468. The molecule has 0 heterocycles. The summed E-state index contributed by atoms with van der Waals surface area (Å²) in [4.78, 5) is 9.47. The molecule has 0 aromatic rings. The van der Waals surface area contributed by atoms with Gasteiger partial charge in [0.05, 0.1) is 6.54 Å². The Kier molecular flexibility index (Phi) is 46.9. The van der Waals surface area contributed by atoms with Gasteiger partial charge in [-0.15, -0.1) is 37.2 Å². The summed E-state index contributed by atoms with van der Waals surface area (Å²) in [6, 6.07) is 0. The lowest BCUT2D eigenvalue weighted by Gasteiger charge is -1.74.